The summed E-state index contributed by atoms with van der Waals surface area (Å²) in [5, 5.41) is 11.7. The van der Waals surface area contributed by atoms with Gasteiger partial charge in [-0.05, 0) is 43.0 Å². The Balaban J connectivity index is 0.000000868. The van der Waals surface area contributed by atoms with Gasteiger partial charge in [0.05, 0.1) is 11.7 Å². The van der Waals surface area contributed by atoms with Crippen LogP contribution in [-0.4, -0.2) is 51.4 Å². The maximum Gasteiger partial charge on any atom is 0.335 e. The van der Waals surface area contributed by atoms with Gasteiger partial charge >= 0.3 is 11.6 Å². The van der Waals surface area contributed by atoms with Crippen LogP contribution in [0.4, 0.5) is 15.9 Å². The van der Waals surface area contributed by atoms with Crippen molar-refractivity contribution in [1.29, 1.82) is 0 Å². The summed E-state index contributed by atoms with van der Waals surface area (Å²) in [6.07, 6.45) is 3.43. The van der Waals surface area contributed by atoms with Crippen LogP contribution in [0.5, 0.6) is 0 Å². The van der Waals surface area contributed by atoms with Crippen molar-refractivity contribution in [2.24, 2.45) is 0 Å². The highest BCUT2D eigenvalue weighted by Crippen LogP contribution is 2.28. The van der Waals surface area contributed by atoms with E-state index in [0.717, 1.165) is 38.0 Å². The molecule has 11 heteroatoms. The Morgan fingerprint density at radius 1 is 1.09 bits per heavy atom. The molecule has 1 N–H and O–H groups in total. The Hall–Kier alpha value is -3.57. The lowest BCUT2D eigenvalue weighted by Gasteiger charge is -2.31. The number of nitrogens with one attached hydrogen (secondary N) is 1. The molecule has 3 heterocycles. The van der Waals surface area contributed by atoms with Crippen LogP contribution in [0.3, 0.4) is 0 Å². The van der Waals surface area contributed by atoms with E-state index in [-0.39, 0.29) is 11.9 Å². The van der Waals surface area contributed by atoms with E-state index in [1.807, 2.05) is 23.7 Å². The fraction of sp³-hybridized carbons (Fsp3) is 0.304. The van der Waals surface area contributed by atoms with E-state index in [0.29, 0.717) is 22.7 Å². The molecular weight excluding hydrogens is 457 g/mol. The number of aryl methyl sites for hydroxylation is 1. The third-order valence-electron chi connectivity index (χ3n) is 5.79. The van der Waals surface area contributed by atoms with Crippen LogP contribution in [-0.2, 0) is 18.1 Å². The van der Waals surface area contributed by atoms with Gasteiger partial charge in [-0.25, -0.2) is 19.0 Å². The summed E-state index contributed by atoms with van der Waals surface area (Å²) in [6.45, 7) is 4.80. The number of likely N-dealkylation sites (tertiary alicyclic amines) is 1. The molecule has 0 unspecified atom stereocenters. The van der Waals surface area contributed by atoms with Crippen LogP contribution in [0.25, 0.3) is 11.2 Å². The lowest BCUT2D eigenvalue weighted by Crippen LogP contribution is -2.34. The van der Waals surface area contributed by atoms with Crippen molar-refractivity contribution in [2.75, 3.05) is 18.4 Å². The SMILES string of the molecule is Cc1ccc(Nc2ncnc3c2nnn3C2CCN(Cc3ccccc3)CC2)c(F)c1.O=S=O. The summed E-state index contributed by atoms with van der Waals surface area (Å²) in [5.41, 5.74) is 3.77. The lowest BCUT2D eigenvalue weighted by molar-refractivity contribution is 0.174. The molecule has 2 aromatic heterocycles. The Bertz CT molecular complexity index is 1290. The van der Waals surface area contributed by atoms with Gasteiger partial charge in [0.2, 0.25) is 0 Å². The third-order valence-corrected chi connectivity index (χ3v) is 5.79. The highest BCUT2D eigenvalue weighted by atomic mass is 32.1. The molecule has 34 heavy (non-hydrogen) atoms. The number of aromatic nitrogens is 5. The van der Waals surface area contributed by atoms with Crippen molar-refractivity contribution in [2.45, 2.75) is 32.4 Å². The van der Waals surface area contributed by atoms with Crippen LogP contribution in [0.15, 0.2) is 54.9 Å². The molecule has 1 aliphatic rings. The topological polar surface area (TPSA) is 106 Å². The average Bonchev–Trinajstić information content (AvgIpc) is 3.28. The van der Waals surface area contributed by atoms with E-state index < -0.39 is 11.6 Å². The zero-order chi connectivity index (χ0) is 23.9. The van der Waals surface area contributed by atoms with Gasteiger partial charge in [0.25, 0.3) is 0 Å². The van der Waals surface area contributed by atoms with Gasteiger partial charge in [0.1, 0.15) is 12.1 Å². The van der Waals surface area contributed by atoms with Crippen LogP contribution < -0.4 is 5.32 Å². The van der Waals surface area contributed by atoms with Crippen LogP contribution >= 0.6 is 0 Å². The number of rotatable bonds is 5. The number of piperidine rings is 1. The molecule has 1 aliphatic heterocycles. The molecular formula is C23H24FN7O2S. The lowest BCUT2D eigenvalue weighted by atomic mass is 10.0. The van der Waals surface area contributed by atoms with E-state index in [4.69, 9.17) is 8.42 Å². The number of hydrogen-bond acceptors (Lipinski definition) is 8. The number of benzene rings is 2. The summed E-state index contributed by atoms with van der Waals surface area (Å²) in [5.74, 6) is 0.130. The highest BCUT2D eigenvalue weighted by molar-refractivity contribution is 7.51. The van der Waals surface area contributed by atoms with Gasteiger partial charge in [-0.15, -0.1) is 5.10 Å². The Kier molecular flexibility index (Phi) is 7.65. The second kappa shape index (κ2) is 11.0. The van der Waals surface area contributed by atoms with Gasteiger partial charge in [-0.2, -0.15) is 8.42 Å². The molecule has 0 saturated carbocycles. The minimum atomic E-state index is -0.750. The van der Waals surface area contributed by atoms with Crippen LogP contribution in [0.1, 0.15) is 30.0 Å². The molecule has 1 fully saturated rings. The Labute approximate surface area is 199 Å². The van der Waals surface area contributed by atoms with Gasteiger partial charge in [0.15, 0.2) is 17.0 Å². The number of nitrogens with zero attached hydrogens (tertiary/aromatic N) is 6. The van der Waals surface area contributed by atoms with Crippen LogP contribution in [0.2, 0.25) is 0 Å². The van der Waals surface area contributed by atoms with Crippen molar-refractivity contribution < 1.29 is 12.8 Å². The number of hydrogen-bond donors (Lipinski definition) is 1. The third kappa shape index (κ3) is 5.49. The minimum Gasteiger partial charge on any atom is -0.336 e. The molecule has 4 aromatic rings. The monoisotopic (exact) mass is 481 g/mol. The second-order valence-corrected chi connectivity index (χ2v) is 8.23. The first-order chi connectivity index (χ1) is 16.6. The number of anilines is 2. The summed E-state index contributed by atoms with van der Waals surface area (Å²) in [7, 11) is 0. The predicted octanol–water partition coefficient (Wildman–Crippen LogP) is 3.58. The molecule has 0 atom stereocenters. The first-order valence-electron chi connectivity index (χ1n) is 10.9. The van der Waals surface area contributed by atoms with E-state index in [2.05, 4.69) is 54.8 Å². The predicted molar refractivity (Wildman–Crippen MR) is 126 cm³/mol. The highest BCUT2D eigenvalue weighted by Gasteiger charge is 2.24. The Morgan fingerprint density at radius 2 is 1.82 bits per heavy atom. The fourth-order valence-electron chi connectivity index (χ4n) is 4.11. The van der Waals surface area contributed by atoms with Crippen molar-refractivity contribution >= 4 is 34.2 Å². The van der Waals surface area contributed by atoms with Crippen molar-refractivity contribution in [3.8, 4) is 0 Å². The molecule has 5 rings (SSSR count). The zero-order valence-electron chi connectivity index (χ0n) is 18.6. The summed E-state index contributed by atoms with van der Waals surface area (Å²) in [6, 6.07) is 15.8. The van der Waals surface area contributed by atoms with Gasteiger partial charge < -0.3 is 5.32 Å². The molecule has 0 bridgehead atoms. The Morgan fingerprint density at radius 3 is 2.53 bits per heavy atom. The van der Waals surface area contributed by atoms with E-state index in [1.54, 1.807) is 6.07 Å². The van der Waals surface area contributed by atoms with Gasteiger partial charge in [-0.1, -0.05) is 41.6 Å². The maximum atomic E-state index is 14.3. The number of halogens is 1. The van der Waals surface area contributed by atoms with Crippen LogP contribution in [0, 0.1) is 12.7 Å². The molecule has 9 nitrogen and oxygen atoms in total. The van der Waals surface area contributed by atoms with Gasteiger partial charge in [0, 0.05) is 19.6 Å². The minimum absolute atomic E-state index is 0.232. The van der Waals surface area contributed by atoms with Crippen molar-refractivity contribution in [3.63, 3.8) is 0 Å². The fourth-order valence-corrected chi connectivity index (χ4v) is 4.11. The normalized spacial score (nSPS) is 14.4. The molecule has 0 spiro atoms. The molecule has 0 amide bonds. The van der Waals surface area contributed by atoms with E-state index in [9.17, 15) is 4.39 Å². The average molecular weight is 482 g/mol. The quantitative estimate of drug-likeness (QED) is 0.461. The van der Waals surface area contributed by atoms with Gasteiger partial charge in [-0.3, -0.25) is 4.90 Å². The van der Waals surface area contributed by atoms with Crippen molar-refractivity contribution in [1.82, 2.24) is 29.9 Å². The summed E-state index contributed by atoms with van der Waals surface area (Å²) in [4.78, 5) is 11.2. The molecule has 2 aromatic carbocycles. The smallest absolute Gasteiger partial charge is 0.335 e. The molecule has 0 aliphatic carbocycles. The molecule has 1 saturated heterocycles. The first-order valence-corrected chi connectivity index (χ1v) is 11.5. The number of fused-ring (bicyclic) bond motifs is 1. The van der Waals surface area contributed by atoms with E-state index in [1.165, 1.54) is 18.0 Å². The largest absolute Gasteiger partial charge is 0.336 e. The zero-order valence-corrected chi connectivity index (χ0v) is 19.4. The first kappa shape index (κ1) is 23.6. The molecule has 176 valence electrons. The molecule has 0 radical (unpaired) electrons. The van der Waals surface area contributed by atoms with E-state index >= 15 is 0 Å². The maximum absolute atomic E-state index is 14.3. The standard InChI is InChI=1S/C23H24FN7.O2S/c1-16-7-8-20(19(24)13-16)27-22-21-23(26-15-25-22)31(29-28-21)18-9-11-30(12-10-18)14-17-5-3-2-4-6-17;1-3-2/h2-8,13,15,18H,9-12,14H2,1H3,(H,25,26,27);. The summed E-state index contributed by atoms with van der Waals surface area (Å²) < 4.78 is 32.8. The second-order valence-electron chi connectivity index (χ2n) is 8.10. The summed E-state index contributed by atoms with van der Waals surface area (Å²) >= 11 is -0.750. The van der Waals surface area contributed by atoms with Crippen molar-refractivity contribution in [3.05, 3.63) is 71.8 Å².